The molecule has 1 unspecified atom stereocenters. The van der Waals surface area contributed by atoms with Crippen LogP contribution in [-0.4, -0.2) is 6.54 Å². The third-order valence-electron chi connectivity index (χ3n) is 2.20. The van der Waals surface area contributed by atoms with Crippen molar-refractivity contribution in [3.8, 4) is 0 Å². The molecule has 0 saturated heterocycles. The molecule has 0 aliphatic carbocycles. The average molecular weight is 258 g/mol. The van der Waals surface area contributed by atoms with Gasteiger partial charge in [0.15, 0.2) is 0 Å². The van der Waals surface area contributed by atoms with Crippen LogP contribution in [-0.2, 0) is 6.42 Å². The Bertz CT molecular complexity index is 314. The van der Waals surface area contributed by atoms with Crippen LogP contribution in [0.25, 0.3) is 0 Å². The van der Waals surface area contributed by atoms with Crippen LogP contribution < -0.4 is 4.72 Å². The highest BCUT2D eigenvalue weighted by molar-refractivity contribution is 9.10. The molecular weight excluding hydrogens is 246 g/mol. The molecule has 1 atom stereocenters. The van der Waals surface area contributed by atoms with Crippen LogP contribution in [0.15, 0.2) is 27.6 Å². The first-order chi connectivity index (χ1) is 6.25. The Hall–Kier alpha value is 0.01000. The van der Waals surface area contributed by atoms with Gasteiger partial charge >= 0.3 is 0 Å². The molecule has 0 aromatic heterocycles. The van der Waals surface area contributed by atoms with E-state index < -0.39 is 0 Å². The number of benzene rings is 1. The number of nitrogens with one attached hydrogen (secondary N) is 1. The van der Waals surface area contributed by atoms with Crippen LogP contribution in [0.5, 0.6) is 0 Å². The molecule has 13 heavy (non-hydrogen) atoms. The van der Waals surface area contributed by atoms with Gasteiger partial charge in [-0.15, -0.1) is 0 Å². The normalized spacial score (nSPS) is 22.2. The van der Waals surface area contributed by atoms with Gasteiger partial charge in [0.05, 0.1) is 0 Å². The Morgan fingerprint density at radius 2 is 2.38 bits per heavy atom. The van der Waals surface area contributed by atoms with Gasteiger partial charge in [-0.05, 0) is 48.0 Å². The van der Waals surface area contributed by atoms with Crippen molar-refractivity contribution in [3.63, 3.8) is 0 Å². The fourth-order valence-corrected chi connectivity index (χ4v) is 2.86. The predicted molar refractivity (Wildman–Crippen MR) is 60.9 cm³/mol. The Morgan fingerprint density at radius 1 is 1.54 bits per heavy atom. The molecule has 1 heterocycles. The van der Waals surface area contributed by atoms with Gasteiger partial charge in [0.1, 0.15) is 0 Å². The smallest absolute Gasteiger partial charge is 0.0261 e. The number of halogens is 1. The minimum absolute atomic E-state index is 0.725. The summed E-state index contributed by atoms with van der Waals surface area (Å²) in [6.07, 6.45) is 1.18. The summed E-state index contributed by atoms with van der Waals surface area (Å²) < 4.78 is 4.56. The van der Waals surface area contributed by atoms with Gasteiger partial charge in [-0.25, -0.2) is 0 Å². The lowest BCUT2D eigenvalue weighted by Gasteiger charge is -2.06. The number of hydrogen-bond acceptors (Lipinski definition) is 2. The Balaban J connectivity index is 2.35. The Morgan fingerprint density at radius 3 is 3.23 bits per heavy atom. The molecule has 0 fully saturated rings. The number of rotatable bonds is 0. The van der Waals surface area contributed by atoms with Crippen LogP contribution in [0.3, 0.4) is 0 Å². The van der Waals surface area contributed by atoms with Gasteiger partial charge in [0.2, 0.25) is 0 Å². The van der Waals surface area contributed by atoms with E-state index in [0.717, 1.165) is 12.5 Å². The van der Waals surface area contributed by atoms with E-state index in [1.807, 2.05) is 0 Å². The second kappa shape index (κ2) is 4.03. The SMILES string of the molecule is CC1CNSc2ccc(Br)cc2C1. The zero-order valence-corrected chi connectivity index (χ0v) is 9.91. The van der Waals surface area contributed by atoms with Crippen LogP contribution in [0.1, 0.15) is 12.5 Å². The van der Waals surface area contributed by atoms with E-state index in [-0.39, 0.29) is 0 Å². The van der Waals surface area contributed by atoms with E-state index in [1.165, 1.54) is 21.4 Å². The highest BCUT2D eigenvalue weighted by Crippen LogP contribution is 2.28. The molecule has 1 aliphatic heterocycles. The van der Waals surface area contributed by atoms with Crippen LogP contribution in [0.4, 0.5) is 0 Å². The van der Waals surface area contributed by atoms with E-state index in [9.17, 15) is 0 Å². The second-order valence-corrected chi connectivity index (χ2v) is 5.36. The summed E-state index contributed by atoms with van der Waals surface area (Å²) in [7, 11) is 0. The quantitative estimate of drug-likeness (QED) is 0.717. The molecule has 70 valence electrons. The fourth-order valence-electron chi connectivity index (χ4n) is 1.52. The van der Waals surface area contributed by atoms with Crippen LogP contribution in [0, 0.1) is 5.92 Å². The van der Waals surface area contributed by atoms with Crippen LogP contribution in [0.2, 0.25) is 0 Å². The lowest BCUT2D eigenvalue weighted by molar-refractivity contribution is 0.578. The zero-order valence-electron chi connectivity index (χ0n) is 7.51. The summed E-state index contributed by atoms with van der Waals surface area (Å²) in [5, 5.41) is 0. The van der Waals surface area contributed by atoms with E-state index in [1.54, 1.807) is 11.9 Å². The fraction of sp³-hybridized carbons (Fsp3) is 0.400. The largest absolute Gasteiger partial charge is 0.260 e. The summed E-state index contributed by atoms with van der Waals surface area (Å²) in [6.45, 7) is 3.38. The molecule has 0 bridgehead atoms. The first-order valence-electron chi connectivity index (χ1n) is 4.44. The molecule has 0 saturated carbocycles. The van der Waals surface area contributed by atoms with Gasteiger partial charge in [-0.2, -0.15) is 0 Å². The van der Waals surface area contributed by atoms with Gasteiger partial charge in [-0.1, -0.05) is 22.9 Å². The maximum absolute atomic E-state index is 3.51. The molecule has 0 amide bonds. The first-order valence-corrected chi connectivity index (χ1v) is 6.05. The van der Waals surface area contributed by atoms with Gasteiger partial charge in [-0.3, -0.25) is 4.72 Å². The third kappa shape index (κ3) is 2.27. The molecule has 0 spiro atoms. The first kappa shape index (κ1) is 9.56. The third-order valence-corrected chi connectivity index (χ3v) is 3.63. The number of hydrogen-bond donors (Lipinski definition) is 1. The van der Waals surface area contributed by atoms with E-state index in [4.69, 9.17) is 0 Å². The summed E-state index contributed by atoms with van der Waals surface area (Å²) in [5.41, 5.74) is 1.46. The van der Waals surface area contributed by atoms with Crippen LogP contribution >= 0.6 is 27.9 Å². The molecule has 1 nitrogen and oxygen atoms in total. The van der Waals surface area contributed by atoms with E-state index in [2.05, 4.69) is 45.8 Å². The van der Waals surface area contributed by atoms with Crippen molar-refractivity contribution in [1.82, 2.24) is 4.72 Å². The Labute approximate surface area is 91.6 Å². The topological polar surface area (TPSA) is 12.0 Å². The van der Waals surface area contributed by atoms with E-state index in [0.29, 0.717) is 0 Å². The second-order valence-electron chi connectivity index (χ2n) is 3.51. The Kier molecular flexibility index (Phi) is 2.96. The maximum atomic E-state index is 3.51. The molecule has 1 aromatic rings. The van der Waals surface area contributed by atoms with Gasteiger partial charge in [0.25, 0.3) is 0 Å². The van der Waals surface area contributed by atoms with Crippen molar-refractivity contribution < 1.29 is 0 Å². The summed E-state index contributed by atoms with van der Waals surface area (Å²) in [5.74, 6) is 0.725. The molecule has 2 rings (SSSR count). The van der Waals surface area contributed by atoms with Gasteiger partial charge in [0, 0.05) is 15.9 Å². The molecule has 1 aromatic carbocycles. The molecule has 3 heteroatoms. The van der Waals surface area contributed by atoms with Crippen molar-refractivity contribution >= 4 is 27.9 Å². The average Bonchev–Trinajstić information content (AvgIpc) is 2.25. The maximum Gasteiger partial charge on any atom is 0.0261 e. The lowest BCUT2D eigenvalue weighted by atomic mass is 10.0. The van der Waals surface area contributed by atoms with Crippen molar-refractivity contribution in [2.45, 2.75) is 18.2 Å². The van der Waals surface area contributed by atoms with Crippen molar-refractivity contribution in [2.24, 2.45) is 5.92 Å². The molecule has 0 radical (unpaired) electrons. The predicted octanol–water partition coefficient (Wildman–Crippen LogP) is 3.24. The number of fused-ring (bicyclic) bond motifs is 1. The summed E-state index contributed by atoms with van der Waals surface area (Å²) >= 11 is 5.26. The highest BCUT2D eigenvalue weighted by atomic mass is 79.9. The van der Waals surface area contributed by atoms with Crippen molar-refractivity contribution in [3.05, 3.63) is 28.2 Å². The van der Waals surface area contributed by atoms with Gasteiger partial charge < -0.3 is 0 Å². The zero-order chi connectivity index (χ0) is 9.26. The molecule has 1 aliphatic rings. The van der Waals surface area contributed by atoms with E-state index >= 15 is 0 Å². The molecule has 1 N–H and O–H groups in total. The monoisotopic (exact) mass is 257 g/mol. The minimum atomic E-state index is 0.725. The van der Waals surface area contributed by atoms with Crippen molar-refractivity contribution in [1.29, 1.82) is 0 Å². The summed E-state index contributed by atoms with van der Waals surface area (Å²) in [6, 6.07) is 6.50. The van der Waals surface area contributed by atoms with Crippen molar-refractivity contribution in [2.75, 3.05) is 6.54 Å². The highest BCUT2D eigenvalue weighted by Gasteiger charge is 2.13. The lowest BCUT2D eigenvalue weighted by Crippen LogP contribution is -2.12. The minimum Gasteiger partial charge on any atom is -0.260 e. The molecular formula is C10H12BrNS. The summed E-state index contributed by atoms with van der Waals surface area (Å²) in [4.78, 5) is 1.37. The standard InChI is InChI=1S/C10H12BrNS/c1-7-4-8-5-9(11)2-3-10(8)13-12-6-7/h2-3,5,7,12H,4,6H2,1H3.